The van der Waals surface area contributed by atoms with E-state index >= 15 is 4.39 Å². The third kappa shape index (κ3) is 9.16. The van der Waals surface area contributed by atoms with E-state index in [2.05, 4.69) is 25.3 Å². The molecule has 6 heterocycles. The quantitative estimate of drug-likeness (QED) is 0.113. The standard InChI is InChI=1S/C43H51FN7O8PS/c1-3-18-58-43(55)27(2)48-60(56,59-32-9-5-4-6-10-32)38(44)28-12-15-36-29(21-28)22-37(61-36)40(52)47-34-11-7-8-31-13-14-35(51(31)41(34)53)42(54)50-24-30(25-50)33-23-45-26-46-39(33)49-16-19-57-20-17-49/h4-6,9-10,12,15,21-23,26-27,30-31,34-35,38H,3,7-8,11,13-14,16-20,24-25H2,1-2H3,(H,47,52)(H,48,56)/t27-,31-,34-,35-,38-,60?/m0/s1. The summed E-state index contributed by atoms with van der Waals surface area (Å²) >= 11 is 1.19. The van der Waals surface area contributed by atoms with E-state index in [1.807, 2.05) is 18.0 Å². The fourth-order valence-electron chi connectivity index (χ4n) is 8.64. The summed E-state index contributed by atoms with van der Waals surface area (Å²) in [6.45, 7) is 7.23. The van der Waals surface area contributed by atoms with Crippen LogP contribution in [0.1, 0.15) is 85.0 Å². The molecule has 0 aliphatic carbocycles. The highest BCUT2D eigenvalue weighted by molar-refractivity contribution is 7.57. The van der Waals surface area contributed by atoms with Crippen molar-refractivity contribution in [3.63, 3.8) is 0 Å². The van der Waals surface area contributed by atoms with Gasteiger partial charge in [-0.2, -0.15) is 0 Å². The number of carbonyl (C=O) groups excluding carboxylic acids is 4. The number of anilines is 1. The molecule has 8 rings (SSSR count). The summed E-state index contributed by atoms with van der Waals surface area (Å²) in [5.74, 6) is -2.54. The first-order valence-electron chi connectivity index (χ1n) is 21.0. The number of ether oxygens (including phenoxy) is 2. The highest BCUT2D eigenvalue weighted by Gasteiger charge is 2.48. The average molecular weight is 876 g/mol. The maximum atomic E-state index is 16.5. The number of alkyl halides is 1. The van der Waals surface area contributed by atoms with Gasteiger partial charge in [0.2, 0.25) is 17.7 Å². The predicted molar refractivity (Wildman–Crippen MR) is 227 cm³/mol. The number of esters is 1. The number of halogens is 1. The van der Waals surface area contributed by atoms with Crippen LogP contribution in [0.25, 0.3) is 10.1 Å². The molecular formula is C43H51FN7O8PS. The first-order chi connectivity index (χ1) is 29.5. The molecule has 4 saturated heterocycles. The number of fused-ring (bicyclic) bond motifs is 2. The van der Waals surface area contributed by atoms with Gasteiger partial charge >= 0.3 is 13.5 Å². The fourth-order valence-corrected chi connectivity index (χ4v) is 11.5. The van der Waals surface area contributed by atoms with E-state index in [0.717, 1.165) is 37.3 Å². The van der Waals surface area contributed by atoms with E-state index < -0.39 is 43.4 Å². The normalized spacial score (nSPS) is 22.7. The molecule has 2 aromatic heterocycles. The molecule has 2 N–H and O–H groups in total. The highest BCUT2D eigenvalue weighted by atomic mass is 32.1. The SMILES string of the molecule is CCCOC(=O)[C@H](C)NP(=O)(Oc1ccccc1)[C@H](F)c1ccc2sc(C(=O)N[C@H]3CCC[C@H]4CC[C@@H](C(=O)N5CC(c6cncnc6N6CCOCC6)C5)N4C3=O)cc2c1. The number of carbonyl (C=O) groups is 4. The number of nitrogens with zero attached hydrogens (tertiary/aromatic N) is 5. The van der Waals surface area contributed by atoms with Crippen LogP contribution in [0, 0.1) is 0 Å². The van der Waals surface area contributed by atoms with Gasteiger partial charge in [0.1, 0.15) is 36.0 Å². The molecule has 4 aliphatic rings. The Balaban J connectivity index is 0.934. The monoisotopic (exact) mass is 875 g/mol. The van der Waals surface area contributed by atoms with Crippen molar-refractivity contribution in [2.45, 2.75) is 88.4 Å². The van der Waals surface area contributed by atoms with Crippen molar-refractivity contribution in [3.8, 4) is 5.75 Å². The van der Waals surface area contributed by atoms with Crippen molar-refractivity contribution >= 4 is 58.5 Å². The lowest BCUT2D eigenvalue weighted by molar-refractivity contribution is -0.148. The van der Waals surface area contributed by atoms with E-state index in [1.165, 1.54) is 30.4 Å². The number of hydrogen-bond donors (Lipinski definition) is 2. The van der Waals surface area contributed by atoms with Gasteiger partial charge in [0.05, 0.1) is 24.7 Å². The Kier molecular flexibility index (Phi) is 13.0. The Hall–Kier alpha value is -4.96. The Bertz CT molecular complexity index is 2290. The number of benzene rings is 2. The number of likely N-dealkylation sites (tertiary alicyclic amines) is 1. The van der Waals surface area contributed by atoms with Crippen molar-refractivity contribution < 1.29 is 42.1 Å². The lowest BCUT2D eigenvalue weighted by Crippen LogP contribution is -2.58. The Labute approximate surface area is 357 Å². The zero-order chi connectivity index (χ0) is 42.7. The van der Waals surface area contributed by atoms with E-state index in [1.54, 1.807) is 53.7 Å². The van der Waals surface area contributed by atoms with Crippen molar-refractivity contribution in [2.75, 3.05) is 50.9 Å². The summed E-state index contributed by atoms with van der Waals surface area (Å²) in [6.07, 6.45) is 7.17. The average Bonchev–Trinajstić information content (AvgIpc) is 3.86. The summed E-state index contributed by atoms with van der Waals surface area (Å²) in [5, 5.41) is 6.07. The maximum Gasteiger partial charge on any atom is 0.355 e. The molecule has 61 heavy (non-hydrogen) atoms. The van der Waals surface area contributed by atoms with Crippen molar-refractivity contribution in [3.05, 3.63) is 83.1 Å². The third-order valence-electron chi connectivity index (χ3n) is 11.8. The molecule has 0 saturated carbocycles. The molecule has 3 amide bonds. The number of morpholine rings is 1. The number of rotatable bonds is 14. The van der Waals surface area contributed by atoms with Crippen molar-refractivity contribution in [1.82, 2.24) is 30.2 Å². The van der Waals surface area contributed by atoms with E-state index in [9.17, 15) is 23.7 Å². The van der Waals surface area contributed by atoms with Crippen LogP contribution in [-0.2, 0) is 28.4 Å². The van der Waals surface area contributed by atoms with E-state index in [0.29, 0.717) is 66.9 Å². The maximum absolute atomic E-state index is 16.5. The molecule has 4 aliphatic heterocycles. The molecule has 4 fully saturated rings. The first-order valence-corrected chi connectivity index (χ1v) is 23.5. The van der Waals surface area contributed by atoms with Crippen LogP contribution >= 0.6 is 18.9 Å². The second-order valence-electron chi connectivity index (χ2n) is 16.1. The molecular weight excluding hydrogens is 825 g/mol. The van der Waals surface area contributed by atoms with Gasteiger partial charge in [-0.15, -0.1) is 11.3 Å². The number of amides is 3. The molecule has 1 unspecified atom stereocenters. The Morgan fingerprint density at radius 2 is 1.84 bits per heavy atom. The molecule has 18 heteroatoms. The third-order valence-corrected chi connectivity index (χ3v) is 15.1. The molecule has 15 nitrogen and oxygen atoms in total. The minimum Gasteiger partial charge on any atom is -0.465 e. The van der Waals surface area contributed by atoms with Crippen LogP contribution in [0.2, 0.25) is 0 Å². The van der Waals surface area contributed by atoms with Crippen LogP contribution in [0.5, 0.6) is 5.75 Å². The second-order valence-corrected chi connectivity index (χ2v) is 19.2. The number of thiophene rings is 1. The summed E-state index contributed by atoms with van der Waals surface area (Å²) < 4.78 is 48.0. The molecule has 0 spiro atoms. The summed E-state index contributed by atoms with van der Waals surface area (Å²) in [4.78, 5) is 69.5. The molecule has 2 aromatic carbocycles. The predicted octanol–water partition coefficient (Wildman–Crippen LogP) is 5.97. The molecule has 324 valence electrons. The lowest BCUT2D eigenvalue weighted by Gasteiger charge is -2.43. The molecule has 4 aromatic rings. The van der Waals surface area contributed by atoms with Gasteiger partial charge in [-0.25, -0.2) is 19.4 Å². The summed E-state index contributed by atoms with van der Waals surface area (Å²) in [5.41, 5.74) is 1.04. The van der Waals surface area contributed by atoms with E-state index in [4.69, 9.17) is 14.0 Å². The lowest BCUT2D eigenvalue weighted by atomic mass is 9.91. The smallest absolute Gasteiger partial charge is 0.355 e. The van der Waals surface area contributed by atoms with Gasteiger partial charge in [0.25, 0.3) is 5.91 Å². The number of aromatic nitrogens is 2. The summed E-state index contributed by atoms with van der Waals surface area (Å²) in [7, 11) is -4.45. The largest absolute Gasteiger partial charge is 0.465 e. The number of nitrogens with one attached hydrogen (secondary N) is 2. The van der Waals surface area contributed by atoms with Gasteiger partial charge in [0, 0.05) is 54.6 Å². The van der Waals surface area contributed by atoms with Crippen molar-refractivity contribution in [1.29, 1.82) is 0 Å². The minimum atomic E-state index is -4.45. The van der Waals surface area contributed by atoms with Crippen LogP contribution in [0.4, 0.5) is 10.2 Å². The molecule has 0 bridgehead atoms. The topological polar surface area (TPSA) is 173 Å². The van der Waals surface area contributed by atoms with Gasteiger partial charge in [0.15, 0.2) is 0 Å². The van der Waals surface area contributed by atoms with Crippen LogP contribution in [0.15, 0.2) is 67.1 Å². The molecule has 0 radical (unpaired) electrons. The van der Waals surface area contributed by atoms with Gasteiger partial charge in [-0.1, -0.05) is 31.2 Å². The number of hydrogen-bond acceptors (Lipinski definition) is 12. The fraction of sp³-hybridized carbons (Fsp3) is 0.488. The van der Waals surface area contributed by atoms with Gasteiger partial charge in [-0.3, -0.25) is 23.7 Å². The van der Waals surface area contributed by atoms with Crippen LogP contribution in [0.3, 0.4) is 0 Å². The molecule has 6 atom stereocenters. The Morgan fingerprint density at radius 3 is 2.61 bits per heavy atom. The van der Waals surface area contributed by atoms with Crippen LogP contribution < -0.4 is 19.8 Å². The van der Waals surface area contributed by atoms with Gasteiger partial charge in [-0.05, 0) is 86.7 Å². The second kappa shape index (κ2) is 18.6. The number of para-hydroxylation sites is 1. The first kappa shape index (κ1) is 42.7. The van der Waals surface area contributed by atoms with Crippen molar-refractivity contribution in [2.24, 2.45) is 0 Å². The minimum absolute atomic E-state index is 0.0241. The highest BCUT2D eigenvalue weighted by Crippen LogP contribution is 2.58. The Morgan fingerprint density at radius 1 is 1.05 bits per heavy atom. The van der Waals surface area contributed by atoms with Crippen LogP contribution in [-0.4, -0.2) is 114 Å². The van der Waals surface area contributed by atoms with Gasteiger partial charge < -0.3 is 34.0 Å². The zero-order valence-electron chi connectivity index (χ0n) is 34.2. The zero-order valence-corrected chi connectivity index (χ0v) is 36.0. The van der Waals surface area contributed by atoms with E-state index in [-0.39, 0.29) is 41.7 Å². The summed E-state index contributed by atoms with van der Waals surface area (Å²) in [6, 6.07) is 11.7.